The molecule has 0 saturated carbocycles. The molecule has 0 radical (unpaired) electrons. The van der Waals surface area contributed by atoms with Crippen LogP contribution in [0.3, 0.4) is 0 Å². The second-order valence-electron chi connectivity index (χ2n) is 4.74. The van der Waals surface area contributed by atoms with Crippen LogP contribution in [-0.2, 0) is 6.42 Å². The first-order valence-corrected chi connectivity index (χ1v) is 7.99. The van der Waals surface area contributed by atoms with Crippen molar-refractivity contribution in [2.24, 2.45) is 0 Å². The van der Waals surface area contributed by atoms with Crippen molar-refractivity contribution in [2.45, 2.75) is 6.42 Å². The molecule has 4 heteroatoms. The molecule has 1 amide bonds. The highest BCUT2D eigenvalue weighted by Crippen LogP contribution is 2.25. The first kappa shape index (κ1) is 14.1. The van der Waals surface area contributed by atoms with Crippen molar-refractivity contribution in [3.05, 3.63) is 70.1 Å². The van der Waals surface area contributed by atoms with Crippen LogP contribution in [0.1, 0.15) is 15.9 Å². The van der Waals surface area contributed by atoms with Crippen LogP contribution in [0.4, 0.5) is 0 Å². The lowest BCUT2D eigenvalue weighted by Crippen LogP contribution is -2.25. The molecular formula is C17H14ClNOS. The van der Waals surface area contributed by atoms with E-state index >= 15 is 0 Å². The smallest absolute Gasteiger partial charge is 0.252 e. The first-order chi connectivity index (χ1) is 10.3. The van der Waals surface area contributed by atoms with E-state index in [0.717, 1.165) is 6.42 Å². The molecular weight excluding hydrogens is 302 g/mol. The number of thiophene rings is 1. The maximum Gasteiger partial charge on any atom is 0.252 e. The number of benzene rings is 2. The number of carbonyl (C=O) groups is 1. The standard InChI is InChI=1S/C17H14ClNOS/c18-15-7-3-1-6-14(15)17(20)19-10-9-12-11-21-16-8-4-2-5-13(12)16/h1-8,11H,9-10H2,(H,19,20). The zero-order valence-corrected chi connectivity index (χ0v) is 12.9. The van der Waals surface area contributed by atoms with Crippen LogP contribution in [0.15, 0.2) is 53.9 Å². The highest BCUT2D eigenvalue weighted by atomic mass is 35.5. The summed E-state index contributed by atoms with van der Waals surface area (Å²) in [6.07, 6.45) is 0.820. The lowest BCUT2D eigenvalue weighted by atomic mass is 10.1. The van der Waals surface area contributed by atoms with Gasteiger partial charge in [0.15, 0.2) is 0 Å². The number of hydrogen-bond donors (Lipinski definition) is 1. The molecule has 0 bridgehead atoms. The zero-order valence-electron chi connectivity index (χ0n) is 11.3. The van der Waals surface area contributed by atoms with E-state index in [-0.39, 0.29) is 5.91 Å². The van der Waals surface area contributed by atoms with Gasteiger partial charge in [-0.05, 0) is 40.9 Å². The minimum atomic E-state index is -0.125. The normalized spacial score (nSPS) is 10.7. The molecule has 0 aliphatic rings. The molecule has 2 nitrogen and oxygen atoms in total. The summed E-state index contributed by atoms with van der Waals surface area (Å²) in [5, 5.41) is 6.84. The zero-order chi connectivity index (χ0) is 14.7. The lowest BCUT2D eigenvalue weighted by Gasteiger charge is -2.06. The molecule has 0 unspecified atom stereocenters. The topological polar surface area (TPSA) is 29.1 Å². The fourth-order valence-corrected chi connectivity index (χ4v) is 3.50. The Morgan fingerprint density at radius 3 is 2.71 bits per heavy atom. The minimum absolute atomic E-state index is 0.125. The molecule has 0 aliphatic carbocycles. The average Bonchev–Trinajstić information content (AvgIpc) is 2.91. The molecule has 0 aliphatic heterocycles. The number of hydrogen-bond acceptors (Lipinski definition) is 2. The Kier molecular flexibility index (Phi) is 4.23. The Morgan fingerprint density at radius 2 is 1.86 bits per heavy atom. The van der Waals surface area contributed by atoms with Crippen molar-refractivity contribution in [1.82, 2.24) is 5.32 Å². The second-order valence-corrected chi connectivity index (χ2v) is 6.06. The third-order valence-corrected chi connectivity index (χ3v) is 4.70. The summed E-state index contributed by atoms with van der Waals surface area (Å²) in [7, 11) is 0. The lowest BCUT2D eigenvalue weighted by molar-refractivity contribution is 0.0954. The summed E-state index contributed by atoms with van der Waals surface area (Å²) in [6.45, 7) is 0.602. The van der Waals surface area contributed by atoms with Gasteiger partial charge in [0.1, 0.15) is 0 Å². The fraction of sp³-hybridized carbons (Fsp3) is 0.118. The average molecular weight is 316 g/mol. The third-order valence-electron chi connectivity index (χ3n) is 3.36. The van der Waals surface area contributed by atoms with Gasteiger partial charge < -0.3 is 5.32 Å². The van der Waals surface area contributed by atoms with Crippen molar-refractivity contribution in [1.29, 1.82) is 0 Å². The highest BCUT2D eigenvalue weighted by molar-refractivity contribution is 7.17. The van der Waals surface area contributed by atoms with Gasteiger partial charge in [-0.1, -0.05) is 41.9 Å². The van der Waals surface area contributed by atoms with Crippen LogP contribution >= 0.6 is 22.9 Å². The molecule has 0 saturated heterocycles. The van der Waals surface area contributed by atoms with Gasteiger partial charge >= 0.3 is 0 Å². The van der Waals surface area contributed by atoms with E-state index in [4.69, 9.17) is 11.6 Å². The minimum Gasteiger partial charge on any atom is -0.352 e. The van der Waals surface area contributed by atoms with Crippen molar-refractivity contribution in [3.63, 3.8) is 0 Å². The van der Waals surface area contributed by atoms with E-state index in [2.05, 4.69) is 22.8 Å². The third kappa shape index (κ3) is 3.09. The van der Waals surface area contributed by atoms with Gasteiger partial charge in [-0.15, -0.1) is 11.3 Å². The number of nitrogens with one attached hydrogen (secondary N) is 1. The summed E-state index contributed by atoms with van der Waals surface area (Å²) >= 11 is 7.75. The Morgan fingerprint density at radius 1 is 1.10 bits per heavy atom. The number of amides is 1. The van der Waals surface area contributed by atoms with Crippen molar-refractivity contribution in [2.75, 3.05) is 6.54 Å². The van der Waals surface area contributed by atoms with E-state index in [0.29, 0.717) is 17.1 Å². The molecule has 1 aromatic heterocycles. The highest BCUT2D eigenvalue weighted by Gasteiger charge is 2.09. The molecule has 1 N–H and O–H groups in total. The monoisotopic (exact) mass is 315 g/mol. The molecule has 1 heterocycles. The summed E-state index contributed by atoms with van der Waals surface area (Å²) < 4.78 is 1.28. The molecule has 21 heavy (non-hydrogen) atoms. The number of rotatable bonds is 4. The van der Waals surface area contributed by atoms with Gasteiger partial charge in [0.2, 0.25) is 0 Å². The Bertz CT molecular complexity index is 781. The predicted octanol–water partition coefficient (Wildman–Crippen LogP) is 4.53. The maximum absolute atomic E-state index is 12.1. The first-order valence-electron chi connectivity index (χ1n) is 6.73. The Labute approximate surface area is 132 Å². The van der Waals surface area contributed by atoms with Crippen molar-refractivity contribution in [3.8, 4) is 0 Å². The van der Waals surface area contributed by atoms with E-state index in [9.17, 15) is 4.79 Å². The van der Waals surface area contributed by atoms with Crippen LogP contribution in [0, 0.1) is 0 Å². The molecule has 3 aromatic rings. The fourth-order valence-electron chi connectivity index (χ4n) is 2.28. The molecule has 3 rings (SSSR count). The van der Waals surface area contributed by atoms with Crippen molar-refractivity contribution >= 4 is 38.9 Å². The van der Waals surface area contributed by atoms with Crippen molar-refractivity contribution < 1.29 is 4.79 Å². The molecule has 106 valence electrons. The number of halogens is 1. The summed E-state index contributed by atoms with van der Waals surface area (Å²) in [4.78, 5) is 12.1. The SMILES string of the molecule is O=C(NCCc1csc2ccccc12)c1ccccc1Cl. The van der Waals surface area contributed by atoms with Gasteiger partial charge in [-0.25, -0.2) is 0 Å². The summed E-state index contributed by atoms with van der Waals surface area (Å²) in [5.74, 6) is -0.125. The van der Waals surface area contributed by atoms with E-state index in [1.165, 1.54) is 15.6 Å². The van der Waals surface area contributed by atoms with Gasteiger partial charge in [-0.3, -0.25) is 4.79 Å². The molecule has 0 atom stereocenters. The largest absolute Gasteiger partial charge is 0.352 e. The van der Waals surface area contributed by atoms with Crippen LogP contribution in [0.5, 0.6) is 0 Å². The Hall–Kier alpha value is -1.84. The van der Waals surface area contributed by atoms with Gasteiger partial charge in [0, 0.05) is 11.2 Å². The van der Waals surface area contributed by atoms with Gasteiger partial charge in [0.25, 0.3) is 5.91 Å². The molecule has 0 fully saturated rings. The van der Waals surface area contributed by atoms with E-state index in [1.54, 1.807) is 23.5 Å². The summed E-state index contributed by atoms with van der Waals surface area (Å²) in [6, 6.07) is 15.4. The van der Waals surface area contributed by atoms with Crippen LogP contribution in [0.2, 0.25) is 5.02 Å². The van der Waals surface area contributed by atoms with Crippen LogP contribution < -0.4 is 5.32 Å². The van der Waals surface area contributed by atoms with Crippen LogP contribution in [-0.4, -0.2) is 12.5 Å². The van der Waals surface area contributed by atoms with Gasteiger partial charge in [-0.2, -0.15) is 0 Å². The molecule has 2 aromatic carbocycles. The number of fused-ring (bicyclic) bond motifs is 1. The summed E-state index contributed by atoms with van der Waals surface area (Å²) in [5.41, 5.74) is 1.80. The maximum atomic E-state index is 12.1. The predicted molar refractivity (Wildman–Crippen MR) is 89.3 cm³/mol. The number of carbonyl (C=O) groups excluding carboxylic acids is 1. The Balaban J connectivity index is 1.64. The second kappa shape index (κ2) is 6.29. The van der Waals surface area contributed by atoms with E-state index in [1.807, 2.05) is 24.3 Å². The van der Waals surface area contributed by atoms with E-state index < -0.39 is 0 Å². The van der Waals surface area contributed by atoms with Gasteiger partial charge in [0.05, 0.1) is 10.6 Å². The molecule has 0 spiro atoms. The quantitative estimate of drug-likeness (QED) is 0.753. The van der Waals surface area contributed by atoms with Crippen LogP contribution in [0.25, 0.3) is 10.1 Å².